The predicted octanol–water partition coefficient (Wildman–Crippen LogP) is 3.60. The lowest BCUT2D eigenvalue weighted by atomic mass is 9.90. The lowest BCUT2D eigenvalue weighted by Crippen LogP contribution is -2.47. The molecule has 0 aliphatic carbocycles. The van der Waals surface area contributed by atoms with E-state index in [1.807, 2.05) is 40.1 Å². The molecule has 2 aliphatic heterocycles. The third-order valence-electron chi connectivity index (χ3n) is 6.69. The fourth-order valence-electron chi connectivity index (χ4n) is 4.91. The first-order chi connectivity index (χ1) is 15.0. The molecular formula is C24H32N4O3. The van der Waals surface area contributed by atoms with Crippen LogP contribution in [0, 0.1) is 0 Å². The number of likely N-dealkylation sites (tertiary alicyclic amines) is 2. The Bertz CT molecular complexity index is 879. The molecule has 2 saturated heterocycles. The zero-order valence-corrected chi connectivity index (χ0v) is 18.4. The number of amides is 2. The monoisotopic (exact) mass is 424 g/mol. The van der Waals surface area contributed by atoms with E-state index in [2.05, 4.69) is 24.0 Å². The number of hydrogen-bond donors (Lipinski definition) is 1. The fraction of sp³-hybridized carbons (Fsp3) is 0.542. The molecule has 1 aromatic heterocycles. The molecule has 31 heavy (non-hydrogen) atoms. The number of nitrogens with zero attached hydrogens (tertiary/aromatic N) is 3. The van der Waals surface area contributed by atoms with Crippen LogP contribution in [0.3, 0.4) is 0 Å². The van der Waals surface area contributed by atoms with Gasteiger partial charge in [0, 0.05) is 31.1 Å². The normalized spacial score (nSPS) is 22.4. The Balaban J connectivity index is 1.35. The highest BCUT2D eigenvalue weighted by Gasteiger charge is 2.34. The summed E-state index contributed by atoms with van der Waals surface area (Å²) >= 11 is 0. The minimum atomic E-state index is -0.000759. The maximum atomic E-state index is 13.3. The second-order valence-electron chi connectivity index (χ2n) is 8.80. The summed E-state index contributed by atoms with van der Waals surface area (Å²) in [7, 11) is 0. The molecule has 2 aliphatic rings. The number of hydrogen-bond acceptors (Lipinski definition) is 4. The fourth-order valence-corrected chi connectivity index (χ4v) is 4.91. The molecule has 0 bridgehead atoms. The van der Waals surface area contributed by atoms with Gasteiger partial charge in [0.25, 0.3) is 11.8 Å². The number of nitrogens with one attached hydrogen (secondary N) is 1. The summed E-state index contributed by atoms with van der Waals surface area (Å²) in [4.78, 5) is 29.7. The van der Waals surface area contributed by atoms with Crippen LogP contribution in [0.25, 0.3) is 0 Å². The van der Waals surface area contributed by atoms with E-state index in [0.29, 0.717) is 24.4 Å². The Morgan fingerprint density at radius 2 is 1.74 bits per heavy atom. The van der Waals surface area contributed by atoms with Crippen LogP contribution >= 0.6 is 0 Å². The van der Waals surface area contributed by atoms with Crippen LogP contribution in [-0.4, -0.2) is 63.6 Å². The third-order valence-corrected chi connectivity index (χ3v) is 6.69. The number of H-pyrrole nitrogens is 1. The summed E-state index contributed by atoms with van der Waals surface area (Å²) < 4.78 is 5.60. The summed E-state index contributed by atoms with van der Waals surface area (Å²) in [6, 6.07) is 9.90. The first-order valence-electron chi connectivity index (χ1n) is 11.4. The van der Waals surface area contributed by atoms with E-state index in [4.69, 9.17) is 4.74 Å². The largest absolute Gasteiger partial charge is 0.484 e. The highest BCUT2D eigenvalue weighted by atomic mass is 16.5. The molecule has 2 fully saturated rings. The van der Waals surface area contributed by atoms with Crippen molar-refractivity contribution in [3.05, 3.63) is 47.8 Å². The number of para-hydroxylation sites is 1. The van der Waals surface area contributed by atoms with Crippen LogP contribution in [0.5, 0.6) is 5.75 Å². The number of carbonyl (C=O) groups is 2. The molecule has 1 N–H and O–H groups in total. The zero-order chi connectivity index (χ0) is 21.8. The summed E-state index contributed by atoms with van der Waals surface area (Å²) in [6.45, 7) is 5.63. The van der Waals surface area contributed by atoms with E-state index < -0.39 is 0 Å². The molecule has 4 rings (SSSR count). The first kappa shape index (κ1) is 21.4. The molecule has 2 amide bonds. The summed E-state index contributed by atoms with van der Waals surface area (Å²) in [5.41, 5.74) is 1.61. The van der Waals surface area contributed by atoms with Gasteiger partial charge in [0.15, 0.2) is 6.61 Å². The van der Waals surface area contributed by atoms with Gasteiger partial charge in [-0.2, -0.15) is 5.10 Å². The van der Waals surface area contributed by atoms with Crippen molar-refractivity contribution < 1.29 is 14.3 Å². The smallest absolute Gasteiger partial charge is 0.260 e. The minimum absolute atomic E-state index is 0.000759. The van der Waals surface area contributed by atoms with E-state index in [-0.39, 0.29) is 36.4 Å². The van der Waals surface area contributed by atoms with Crippen LogP contribution in [0.1, 0.15) is 67.9 Å². The Labute approximate surface area is 183 Å². The van der Waals surface area contributed by atoms with E-state index >= 15 is 0 Å². The number of ether oxygens (including phenoxy) is 1. The van der Waals surface area contributed by atoms with E-state index in [1.54, 1.807) is 6.20 Å². The van der Waals surface area contributed by atoms with Gasteiger partial charge in [0.2, 0.25) is 0 Å². The van der Waals surface area contributed by atoms with E-state index in [1.165, 1.54) is 6.42 Å². The SMILES string of the molecule is C[C@@H]1CCC[C@@H](C)N1C(=O)c1cn[nH]c1C1CCN(C(=O)COc2ccccc2)CC1. The summed E-state index contributed by atoms with van der Waals surface area (Å²) in [5, 5.41) is 7.30. The Morgan fingerprint density at radius 3 is 2.42 bits per heavy atom. The molecular weight excluding hydrogens is 392 g/mol. The molecule has 7 nitrogen and oxygen atoms in total. The zero-order valence-electron chi connectivity index (χ0n) is 18.4. The lowest BCUT2D eigenvalue weighted by molar-refractivity contribution is -0.134. The van der Waals surface area contributed by atoms with Crippen molar-refractivity contribution in [3.8, 4) is 5.75 Å². The Hall–Kier alpha value is -2.83. The van der Waals surface area contributed by atoms with Crippen molar-refractivity contribution in [1.82, 2.24) is 20.0 Å². The second kappa shape index (κ2) is 9.54. The molecule has 0 radical (unpaired) electrons. The molecule has 1 aromatic carbocycles. The maximum absolute atomic E-state index is 13.3. The number of rotatable bonds is 5. The number of aromatic amines is 1. The molecule has 2 aromatic rings. The van der Waals surface area contributed by atoms with Gasteiger partial charge < -0.3 is 14.5 Å². The van der Waals surface area contributed by atoms with Crippen molar-refractivity contribution in [2.24, 2.45) is 0 Å². The average molecular weight is 425 g/mol. The van der Waals surface area contributed by atoms with Gasteiger partial charge in [-0.05, 0) is 58.1 Å². The second-order valence-corrected chi connectivity index (χ2v) is 8.80. The van der Waals surface area contributed by atoms with Crippen molar-refractivity contribution in [2.45, 2.75) is 64.0 Å². The summed E-state index contributed by atoms with van der Waals surface area (Å²) in [6.07, 6.45) is 6.57. The first-order valence-corrected chi connectivity index (χ1v) is 11.4. The molecule has 0 spiro atoms. The highest BCUT2D eigenvalue weighted by Crippen LogP contribution is 2.31. The van der Waals surface area contributed by atoms with Crippen LogP contribution < -0.4 is 4.74 Å². The molecule has 166 valence electrons. The molecule has 7 heteroatoms. The number of benzene rings is 1. The van der Waals surface area contributed by atoms with Crippen LogP contribution in [-0.2, 0) is 4.79 Å². The van der Waals surface area contributed by atoms with Gasteiger partial charge in [0.1, 0.15) is 5.75 Å². The van der Waals surface area contributed by atoms with Gasteiger partial charge >= 0.3 is 0 Å². The molecule has 3 heterocycles. The van der Waals surface area contributed by atoms with Crippen LogP contribution in [0.4, 0.5) is 0 Å². The number of carbonyl (C=O) groups excluding carboxylic acids is 2. The van der Waals surface area contributed by atoms with Gasteiger partial charge in [-0.3, -0.25) is 14.7 Å². The van der Waals surface area contributed by atoms with Crippen molar-refractivity contribution >= 4 is 11.8 Å². The predicted molar refractivity (Wildman–Crippen MR) is 118 cm³/mol. The highest BCUT2D eigenvalue weighted by molar-refractivity contribution is 5.95. The van der Waals surface area contributed by atoms with Crippen molar-refractivity contribution in [2.75, 3.05) is 19.7 Å². The van der Waals surface area contributed by atoms with E-state index in [0.717, 1.165) is 31.4 Å². The van der Waals surface area contributed by atoms with Gasteiger partial charge in [-0.1, -0.05) is 18.2 Å². The van der Waals surface area contributed by atoms with Crippen LogP contribution in [0.2, 0.25) is 0 Å². The molecule has 0 unspecified atom stereocenters. The van der Waals surface area contributed by atoms with Crippen molar-refractivity contribution in [1.29, 1.82) is 0 Å². The van der Waals surface area contributed by atoms with Gasteiger partial charge in [0.05, 0.1) is 17.5 Å². The topological polar surface area (TPSA) is 78.5 Å². The van der Waals surface area contributed by atoms with Gasteiger partial charge in [-0.15, -0.1) is 0 Å². The number of aromatic nitrogens is 2. The maximum Gasteiger partial charge on any atom is 0.260 e. The van der Waals surface area contributed by atoms with Crippen LogP contribution in [0.15, 0.2) is 36.5 Å². The van der Waals surface area contributed by atoms with Crippen molar-refractivity contribution in [3.63, 3.8) is 0 Å². The van der Waals surface area contributed by atoms with Gasteiger partial charge in [-0.25, -0.2) is 0 Å². The number of piperidine rings is 2. The quantitative estimate of drug-likeness (QED) is 0.796. The Kier molecular flexibility index (Phi) is 6.59. The summed E-state index contributed by atoms with van der Waals surface area (Å²) in [5.74, 6) is 0.987. The standard InChI is InChI=1S/C24H32N4O3/c1-17-7-6-8-18(2)28(17)24(30)21-15-25-26-23(21)19-11-13-27(14-12-19)22(29)16-31-20-9-4-3-5-10-20/h3-5,9-10,15,17-19H,6-8,11-14,16H2,1-2H3,(H,25,26)/t17-,18-/m1/s1. The van der Waals surface area contributed by atoms with E-state index in [9.17, 15) is 9.59 Å². The molecule has 2 atom stereocenters. The average Bonchev–Trinajstić information content (AvgIpc) is 3.28. The lowest BCUT2D eigenvalue weighted by Gasteiger charge is -2.39. The Morgan fingerprint density at radius 1 is 1.06 bits per heavy atom. The third kappa shape index (κ3) is 4.75. The minimum Gasteiger partial charge on any atom is -0.484 e. The molecule has 0 saturated carbocycles.